The Bertz CT molecular complexity index is 464. The van der Waals surface area contributed by atoms with Gasteiger partial charge in [0.2, 0.25) is 0 Å². The zero-order valence-electron chi connectivity index (χ0n) is 10.8. The third kappa shape index (κ3) is 3.40. The van der Waals surface area contributed by atoms with Crippen LogP contribution in [-0.2, 0) is 13.0 Å². The predicted octanol–water partition coefficient (Wildman–Crippen LogP) is 2.32. The predicted molar refractivity (Wildman–Crippen MR) is 72.0 cm³/mol. The number of aryl methyl sites for hydroxylation is 2. The summed E-state index contributed by atoms with van der Waals surface area (Å²) >= 11 is 0. The normalized spacial score (nSPS) is 12.6. The fraction of sp³-hybridized carbons (Fsp3) is 0.429. The summed E-state index contributed by atoms with van der Waals surface area (Å²) < 4.78 is 1.87. The molecule has 0 aliphatic heterocycles. The van der Waals surface area contributed by atoms with Gasteiger partial charge < -0.3 is 5.73 Å². The lowest BCUT2D eigenvalue weighted by Crippen LogP contribution is -2.10. The Labute approximate surface area is 108 Å². The van der Waals surface area contributed by atoms with Crippen molar-refractivity contribution in [1.29, 1.82) is 0 Å². The molecule has 0 radical (unpaired) electrons. The van der Waals surface area contributed by atoms with Crippen molar-refractivity contribution in [3.05, 3.63) is 47.8 Å². The molecule has 96 valence electrons. The molecule has 1 unspecified atom stereocenters. The molecule has 0 saturated heterocycles. The zero-order chi connectivity index (χ0) is 12.8. The Balaban J connectivity index is 1.91. The van der Waals surface area contributed by atoms with Crippen molar-refractivity contribution in [2.45, 2.75) is 38.8 Å². The Morgan fingerprint density at radius 1 is 1.28 bits per heavy atom. The molecular weight excluding hydrogens is 224 g/mol. The van der Waals surface area contributed by atoms with Gasteiger partial charge in [0.25, 0.3) is 0 Å². The molecule has 1 aromatic heterocycles. The van der Waals surface area contributed by atoms with Gasteiger partial charge >= 0.3 is 0 Å². The van der Waals surface area contributed by atoms with E-state index in [0.29, 0.717) is 0 Å². The number of nitrogens with zero attached hydrogens (tertiary/aromatic N) is 3. The second kappa shape index (κ2) is 6.31. The van der Waals surface area contributed by atoms with Gasteiger partial charge in [0.1, 0.15) is 0 Å². The summed E-state index contributed by atoms with van der Waals surface area (Å²) in [5.41, 5.74) is 8.22. The van der Waals surface area contributed by atoms with E-state index in [1.165, 1.54) is 5.56 Å². The Morgan fingerprint density at radius 3 is 2.78 bits per heavy atom. The first-order chi connectivity index (χ1) is 8.79. The minimum absolute atomic E-state index is 0.0143. The lowest BCUT2D eigenvalue weighted by Gasteiger charge is -2.04. The van der Waals surface area contributed by atoms with Crippen molar-refractivity contribution in [2.24, 2.45) is 5.73 Å². The summed E-state index contributed by atoms with van der Waals surface area (Å²) in [6.07, 6.45) is 4.95. The standard InChI is InChI=1S/C14H20N4/c1-2-6-13(15)14-11-18(17-16-14)10-9-12-7-4-3-5-8-12/h3-5,7-8,11,13H,2,6,9-10,15H2,1H3. The molecule has 0 fully saturated rings. The molecule has 0 saturated carbocycles. The lowest BCUT2D eigenvalue weighted by molar-refractivity contribution is 0.588. The number of benzene rings is 1. The van der Waals surface area contributed by atoms with Crippen LogP contribution in [0.1, 0.15) is 37.1 Å². The van der Waals surface area contributed by atoms with Crippen molar-refractivity contribution < 1.29 is 0 Å². The SMILES string of the molecule is CCCC(N)c1cn(CCc2ccccc2)nn1. The van der Waals surface area contributed by atoms with E-state index in [4.69, 9.17) is 5.73 Å². The maximum absolute atomic E-state index is 6.01. The van der Waals surface area contributed by atoms with Crippen molar-refractivity contribution in [3.8, 4) is 0 Å². The van der Waals surface area contributed by atoms with Gasteiger partial charge in [0.15, 0.2) is 0 Å². The maximum Gasteiger partial charge on any atom is 0.0994 e. The Hall–Kier alpha value is -1.68. The van der Waals surface area contributed by atoms with Gasteiger partial charge in [-0.15, -0.1) is 5.10 Å². The summed E-state index contributed by atoms with van der Waals surface area (Å²) in [5, 5.41) is 8.26. The fourth-order valence-corrected chi connectivity index (χ4v) is 1.94. The van der Waals surface area contributed by atoms with E-state index in [9.17, 15) is 0 Å². The monoisotopic (exact) mass is 244 g/mol. The Kier molecular flexibility index (Phi) is 4.47. The molecular formula is C14H20N4. The minimum Gasteiger partial charge on any atom is -0.323 e. The van der Waals surface area contributed by atoms with Gasteiger partial charge in [-0.1, -0.05) is 48.9 Å². The third-order valence-electron chi connectivity index (χ3n) is 3.01. The van der Waals surface area contributed by atoms with E-state index in [1.54, 1.807) is 0 Å². The highest BCUT2D eigenvalue weighted by molar-refractivity contribution is 5.14. The van der Waals surface area contributed by atoms with E-state index in [-0.39, 0.29) is 6.04 Å². The van der Waals surface area contributed by atoms with E-state index in [0.717, 1.165) is 31.5 Å². The number of hydrogen-bond acceptors (Lipinski definition) is 3. The zero-order valence-corrected chi connectivity index (χ0v) is 10.8. The average molecular weight is 244 g/mol. The largest absolute Gasteiger partial charge is 0.323 e. The lowest BCUT2D eigenvalue weighted by atomic mass is 10.1. The van der Waals surface area contributed by atoms with Gasteiger partial charge in [-0.25, -0.2) is 0 Å². The minimum atomic E-state index is 0.0143. The smallest absolute Gasteiger partial charge is 0.0994 e. The van der Waals surface area contributed by atoms with Crippen LogP contribution in [0.15, 0.2) is 36.5 Å². The summed E-state index contributed by atoms with van der Waals surface area (Å²) in [4.78, 5) is 0. The van der Waals surface area contributed by atoms with Crippen molar-refractivity contribution in [2.75, 3.05) is 0 Å². The first-order valence-corrected chi connectivity index (χ1v) is 6.49. The molecule has 4 nitrogen and oxygen atoms in total. The molecule has 0 aliphatic rings. The van der Waals surface area contributed by atoms with E-state index < -0.39 is 0 Å². The molecule has 0 bridgehead atoms. The van der Waals surface area contributed by atoms with Gasteiger partial charge in [-0.2, -0.15) is 0 Å². The van der Waals surface area contributed by atoms with Crippen LogP contribution >= 0.6 is 0 Å². The Morgan fingerprint density at radius 2 is 2.06 bits per heavy atom. The fourth-order valence-electron chi connectivity index (χ4n) is 1.94. The highest BCUT2D eigenvalue weighted by Crippen LogP contribution is 2.12. The summed E-state index contributed by atoms with van der Waals surface area (Å²) in [7, 11) is 0. The molecule has 0 spiro atoms. The van der Waals surface area contributed by atoms with Crippen LogP contribution in [-0.4, -0.2) is 15.0 Å². The summed E-state index contributed by atoms with van der Waals surface area (Å²) in [6.45, 7) is 2.97. The van der Waals surface area contributed by atoms with Crippen LogP contribution in [0.4, 0.5) is 0 Å². The van der Waals surface area contributed by atoms with E-state index in [2.05, 4.69) is 41.5 Å². The van der Waals surface area contributed by atoms with Crippen LogP contribution in [0.2, 0.25) is 0 Å². The number of nitrogens with two attached hydrogens (primary N) is 1. The highest BCUT2D eigenvalue weighted by atomic mass is 15.4. The molecule has 4 heteroatoms. The molecule has 0 amide bonds. The molecule has 1 heterocycles. The van der Waals surface area contributed by atoms with Crippen LogP contribution in [0.25, 0.3) is 0 Å². The second-order valence-electron chi connectivity index (χ2n) is 4.54. The van der Waals surface area contributed by atoms with Gasteiger partial charge in [0, 0.05) is 6.54 Å². The van der Waals surface area contributed by atoms with Crippen LogP contribution in [0.3, 0.4) is 0 Å². The van der Waals surface area contributed by atoms with Crippen LogP contribution in [0, 0.1) is 0 Å². The van der Waals surface area contributed by atoms with Crippen molar-refractivity contribution in [1.82, 2.24) is 15.0 Å². The second-order valence-corrected chi connectivity index (χ2v) is 4.54. The van der Waals surface area contributed by atoms with Gasteiger partial charge in [-0.3, -0.25) is 4.68 Å². The van der Waals surface area contributed by atoms with Crippen molar-refractivity contribution >= 4 is 0 Å². The molecule has 2 N–H and O–H groups in total. The third-order valence-corrected chi connectivity index (χ3v) is 3.01. The maximum atomic E-state index is 6.01. The number of hydrogen-bond donors (Lipinski definition) is 1. The highest BCUT2D eigenvalue weighted by Gasteiger charge is 2.09. The van der Waals surface area contributed by atoms with Crippen LogP contribution in [0.5, 0.6) is 0 Å². The summed E-state index contributed by atoms with van der Waals surface area (Å²) in [6, 6.07) is 10.4. The van der Waals surface area contributed by atoms with Crippen molar-refractivity contribution in [3.63, 3.8) is 0 Å². The number of aromatic nitrogens is 3. The average Bonchev–Trinajstić information content (AvgIpc) is 2.87. The summed E-state index contributed by atoms with van der Waals surface area (Å²) in [5.74, 6) is 0. The molecule has 1 atom stereocenters. The molecule has 18 heavy (non-hydrogen) atoms. The molecule has 0 aliphatic carbocycles. The molecule has 2 aromatic rings. The van der Waals surface area contributed by atoms with Crippen LogP contribution < -0.4 is 5.73 Å². The molecule has 2 rings (SSSR count). The van der Waals surface area contributed by atoms with Gasteiger partial charge in [0.05, 0.1) is 17.9 Å². The van der Waals surface area contributed by atoms with E-state index in [1.807, 2.05) is 16.9 Å². The first kappa shape index (κ1) is 12.8. The molecule has 1 aromatic carbocycles. The first-order valence-electron chi connectivity index (χ1n) is 6.49. The topological polar surface area (TPSA) is 56.7 Å². The van der Waals surface area contributed by atoms with Gasteiger partial charge in [-0.05, 0) is 18.4 Å². The van der Waals surface area contributed by atoms with E-state index >= 15 is 0 Å². The quantitative estimate of drug-likeness (QED) is 0.848. The number of rotatable bonds is 6.